The van der Waals surface area contributed by atoms with Crippen molar-refractivity contribution in [3.63, 3.8) is 0 Å². The Labute approximate surface area is 325 Å². The molecule has 8 rings (SSSR count). The van der Waals surface area contributed by atoms with Crippen LogP contribution in [0.5, 0.6) is 0 Å². The minimum absolute atomic E-state index is 0.0414. The standard InChI is InChI=1S/C42H68O13/c1-21-28(46)33(55-34-31(49)30(48)29(47)22(18-43)53-34)32(50)35(52-21)54-27-10-11-37(4)23(38(27,5)19-44)8-12-39(6)24(37)9-13-42-25-16-36(2,3)14-15-41(25,20-51-42)26(45)17-40(39,42)7/h9,13,21-35,43-50H,8,10-12,14-20H2,1-7H3/t21-,22-,23+,24-,25+,26+,27+,28+,29-,30+,31-,32-,33+,34+,35+,37+,38+,39-,40+,41-,42+/m1/s1. The SMILES string of the molecule is C[C@H]1O[C@@H](O[C@H]2CC[C@@]3(C)[C@H](CC[C@]4(C)[C@@H]3C=C[C@]35OC[C@@]6(CCC(C)(C)C[C@@H]63)[C@@H](O)C[C@]54C)[C@]2(C)CO)[C@H](O)[C@@H](O[C@@H]2O[C@H](CO)[C@@H](O)[C@H](O)[C@H]2O)[C@H]1O. The van der Waals surface area contributed by atoms with E-state index in [0.29, 0.717) is 19.4 Å². The lowest BCUT2D eigenvalue weighted by Gasteiger charge is -2.73. The number of fused-ring (bicyclic) bond motifs is 4. The highest BCUT2D eigenvalue weighted by molar-refractivity contribution is 5.36. The van der Waals surface area contributed by atoms with Gasteiger partial charge in [-0.25, -0.2) is 0 Å². The Morgan fingerprint density at radius 2 is 1.44 bits per heavy atom. The summed E-state index contributed by atoms with van der Waals surface area (Å²) in [4.78, 5) is 0. The predicted molar refractivity (Wildman–Crippen MR) is 197 cm³/mol. The zero-order valence-electron chi connectivity index (χ0n) is 33.7. The summed E-state index contributed by atoms with van der Waals surface area (Å²) < 4.78 is 31.2. The molecule has 0 amide bonds. The van der Waals surface area contributed by atoms with Gasteiger partial charge in [0, 0.05) is 22.2 Å². The highest BCUT2D eigenvalue weighted by atomic mass is 16.7. The lowest BCUT2D eigenvalue weighted by Crippen LogP contribution is -2.72. The smallest absolute Gasteiger partial charge is 0.187 e. The maximum Gasteiger partial charge on any atom is 0.187 e. The van der Waals surface area contributed by atoms with Crippen LogP contribution in [0.25, 0.3) is 0 Å². The molecule has 0 aromatic rings. The van der Waals surface area contributed by atoms with E-state index in [1.54, 1.807) is 6.92 Å². The number of aliphatic hydroxyl groups is 8. The van der Waals surface area contributed by atoms with Crippen molar-refractivity contribution in [1.82, 2.24) is 0 Å². The van der Waals surface area contributed by atoms with Gasteiger partial charge in [-0.1, -0.05) is 53.7 Å². The molecule has 314 valence electrons. The molecule has 55 heavy (non-hydrogen) atoms. The molecule has 0 unspecified atom stereocenters. The largest absolute Gasteiger partial charge is 0.396 e. The summed E-state index contributed by atoms with van der Waals surface area (Å²) in [5, 5.41) is 87.0. The second-order valence-corrected chi connectivity index (χ2v) is 21.0. The van der Waals surface area contributed by atoms with Gasteiger partial charge in [0.2, 0.25) is 0 Å². The summed E-state index contributed by atoms with van der Waals surface area (Å²) in [6.07, 6.45) is -3.39. The highest BCUT2D eigenvalue weighted by Crippen LogP contribution is 2.79. The van der Waals surface area contributed by atoms with Gasteiger partial charge in [-0.3, -0.25) is 0 Å². The van der Waals surface area contributed by atoms with Crippen molar-refractivity contribution < 1.29 is 64.5 Å². The fourth-order valence-corrected chi connectivity index (χ4v) is 14.3. The summed E-state index contributed by atoms with van der Waals surface area (Å²) in [6, 6.07) is 0. The zero-order chi connectivity index (χ0) is 39.9. The molecule has 13 heteroatoms. The second-order valence-electron chi connectivity index (χ2n) is 21.0. The topological polar surface area (TPSA) is 208 Å². The molecule has 0 aromatic heterocycles. The molecular formula is C42H68O13. The fraction of sp³-hybridized carbons (Fsp3) is 0.952. The quantitative estimate of drug-likeness (QED) is 0.143. The molecule has 0 radical (unpaired) electrons. The van der Waals surface area contributed by atoms with Crippen LogP contribution in [0.4, 0.5) is 0 Å². The van der Waals surface area contributed by atoms with E-state index in [1.807, 2.05) is 0 Å². The van der Waals surface area contributed by atoms with E-state index < -0.39 is 91.2 Å². The molecule has 3 heterocycles. The first-order valence-corrected chi connectivity index (χ1v) is 20.9. The van der Waals surface area contributed by atoms with Crippen LogP contribution in [0, 0.1) is 50.2 Å². The van der Waals surface area contributed by atoms with Crippen LogP contribution in [-0.2, 0) is 23.7 Å². The number of rotatable bonds is 6. The van der Waals surface area contributed by atoms with Gasteiger partial charge in [0.15, 0.2) is 12.6 Å². The Morgan fingerprint density at radius 3 is 2.13 bits per heavy atom. The summed E-state index contributed by atoms with van der Waals surface area (Å²) in [5.74, 6) is 0.449. The van der Waals surface area contributed by atoms with Crippen LogP contribution in [0.15, 0.2) is 12.2 Å². The van der Waals surface area contributed by atoms with E-state index >= 15 is 0 Å². The van der Waals surface area contributed by atoms with E-state index in [2.05, 4.69) is 53.7 Å². The first-order chi connectivity index (χ1) is 25.7. The van der Waals surface area contributed by atoms with Crippen LogP contribution in [0.3, 0.4) is 0 Å². The monoisotopic (exact) mass is 780 g/mol. The van der Waals surface area contributed by atoms with Crippen LogP contribution in [0.2, 0.25) is 0 Å². The van der Waals surface area contributed by atoms with Crippen molar-refractivity contribution in [3.8, 4) is 0 Å². The Balaban J connectivity index is 1.05. The van der Waals surface area contributed by atoms with Gasteiger partial charge in [-0.2, -0.15) is 0 Å². The third kappa shape index (κ3) is 5.44. The summed E-state index contributed by atoms with van der Waals surface area (Å²) >= 11 is 0. The lowest BCUT2D eigenvalue weighted by atomic mass is 9.32. The molecule has 8 aliphatic rings. The lowest BCUT2D eigenvalue weighted by molar-refractivity contribution is -0.367. The molecule has 0 aromatic carbocycles. The average Bonchev–Trinajstić information content (AvgIpc) is 3.41. The van der Waals surface area contributed by atoms with Gasteiger partial charge in [0.25, 0.3) is 0 Å². The van der Waals surface area contributed by atoms with Crippen molar-refractivity contribution in [2.45, 2.75) is 179 Å². The Kier molecular flexibility index (Phi) is 9.95. The molecule has 7 fully saturated rings. The van der Waals surface area contributed by atoms with Crippen LogP contribution in [-0.4, -0.2) is 140 Å². The summed E-state index contributed by atoms with van der Waals surface area (Å²) in [5.41, 5.74) is -1.90. The van der Waals surface area contributed by atoms with E-state index in [0.717, 1.165) is 38.5 Å². The number of hydrogen-bond donors (Lipinski definition) is 8. The molecule has 5 aliphatic carbocycles. The minimum atomic E-state index is -1.72. The van der Waals surface area contributed by atoms with Crippen molar-refractivity contribution >= 4 is 0 Å². The van der Waals surface area contributed by atoms with Gasteiger partial charge in [0.1, 0.15) is 42.7 Å². The first kappa shape index (κ1) is 41.0. The van der Waals surface area contributed by atoms with Gasteiger partial charge in [-0.15, -0.1) is 0 Å². The third-order valence-electron chi connectivity index (χ3n) is 17.9. The maximum atomic E-state index is 12.1. The molecule has 2 bridgehead atoms. The Bertz CT molecular complexity index is 1490. The maximum absolute atomic E-state index is 12.1. The van der Waals surface area contributed by atoms with E-state index in [4.69, 9.17) is 23.7 Å². The third-order valence-corrected chi connectivity index (χ3v) is 17.9. The van der Waals surface area contributed by atoms with Crippen molar-refractivity contribution in [2.24, 2.45) is 50.2 Å². The average molecular weight is 781 g/mol. The first-order valence-electron chi connectivity index (χ1n) is 20.9. The zero-order valence-corrected chi connectivity index (χ0v) is 33.7. The Morgan fingerprint density at radius 1 is 0.727 bits per heavy atom. The highest BCUT2D eigenvalue weighted by Gasteiger charge is 2.79. The van der Waals surface area contributed by atoms with E-state index in [9.17, 15) is 40.9 Å². The molecular weight excluding hydrogens is 712 g/mol. The molecule has 4 saturated carbocycles. The number of ether oxygens (including phenoxy) is 5. The van der Waals surface area contributed by atoms with Crippen LogP contribution >= 0.6 is 0 Å². The molecule has 1 spiro atoms. The van der Waals surface area contributed by atoms with Gasteiger partial charge < -0.3 is 64.5 Å². The number of hydrogen-bond acceptors (Lipinski definition) is 13. The van der Waals surface area contributed by atoms with Crippen LogP contribution in [0.1, 0.15) is 99.8 Å². The van der Waals surface area contributed by atoms with Crippen molar-refractivity contribution in [3.05, 3.63) is 12.2 Å². The molecule has 3 saturated heterocycles. The van der Waals surface area contributed by atoms with Crippen molar-refractivity contribution in [2.75, 3.05) is 19.8 Å². The number of allylic oxidation sites excluding steroid dienone is 1. The second kappa shape index (κ2) is 13.4. The summed E-state index contributed by atoms with van der Waals surface area (Å²) in [6.45, 7) is 15.4. The predicted octanol–water partition coefficient (Wildman–Crippen LogP) is 1.78. The van der Waals surface area contributed by atoms with Crippen molar-refractivity contribution in [1.29, 1.82) is 0 Å². The molecule has 13 nitrogen and oxygen atoms in total. The van der Waals surface area contributed by atoms with E-state index in [1.165, 1.54) is 0 Å². The van der Waals surface area contributed by atoms with Gasteiger partial charge in [-0.05, 0) is 86.4 Å². The van der Waals surface area contributed by atoms with Gasteiger partial charge in [0.05, 0.1) is 43.7 Å². The number of aliphatic hydroxyl groups excluding tert-OH is 8. The van der Waals surface area contributed by atoms with Crippen LogP contribution < -0.4 is 0 Å². The normalized spacial score (nSPS) is 59.7. The Hall–Kier alpha value is -0.780. The fourth-order valence-electron chi connectivity index (χ4n) is 14.3. The summed E-state index contributed by atoms with van der Waals surface area (Å²) in [7, 11) is 0. The molecule has 8 N–H and O–H groups in total. The van der Waals surface area contributed by atoms with E-state index in [-0.39, 0.29) is 51.4 Å². The van der Waals surface area contributed by atoms with Gasteiger partial charge >= 0.3 is 0 Å². The molecule has 21 atom stereocenters. The molecule has 3 aliphatic heterocycles. The minimum Gasteiger partial charge on any atom is -0.396 e.